The lowest BCUT2D eigenvalue weighted by molar-refractivity contribution is -0.122. The number of benzene rings is 2. The molecule has 4 amide bonds. The van der Waals surface area contributed by atoms with Gasteiger partial charge in [-0.25, -0.2) is 9.69 Å². The maximum atomic E-state index is 13.2. The van der Waals surface area contributed by atoms with Crippen LogP contribution in [0.4, 0.5) is 10.5 Å². The van der Waals surface area contributed by atoms with Gasteiger partial charge in [-0.15, -0.1) is 13.0 Å². The van der Waals surface area contributed by atoms with Gasteiger partial charge in [0.2, 0.25) is 0 Å². The third-order valence-electron chi connectivity index (χ3n) is 5.13. The van der Waals surface area contributed by atoms with Crippen LogP contribution in [-0.4, -0.2) is 31.1 Å². The maximum absolute atomic E-state index is 13.2. The van der Waals surface area contributed by atoms with Gasteiger partial charge in [-0.05, 0) is 61.2 Å². The Morgan fingerprint density at radius 1 is 1.12 bits per heavy atom. The number of amides is 4. The van der Waals surface area contributed by atoms with Crippen LogP contribution >= 0.6 is 0 Å². The Balaban J connectivity index is 2.05. The van der Waals surface area contributed by atoms with Crippen LogP contribution in [0.15, 0.2) is 54.6 Å². The number of allylic oxidation sites excluding steroid dienone is 1. The predicted octanol–water partition coefficient (Wildman–Crippen LogP) is 4.05. The summed E-state index contributed by atoms with van der Waals surface area (Å²) in [5.41, 5.74) is 2.52. The largest absolute Gasteiger partial charge is 0.490 e. The zero-order valence-electron chi connectivity index (χ0n) is 19.2. The van der Waals surface area contributed by atoms with Crippen LogP contribution in [0, 0.1) is 12.3 Å². The molecule has 2 aromatic carbocycles. The van der Waals surface area contributed by atoms with Gasteiger partial charge in [0.05, 0.1) is 12.3 Å². The number of nitrogens with zero attached hydrogens (tertiary/aromatic N) is 1. The van der Waals surface area contributed by atoms with Crippen molar-refractivity contribution in [3.63, 3.8) is 0 Å². The van der Waals surface area contributed by atoms with E-state index < -0.39 is 17.8 Å². The average molecular weight is 459 g/mol. The highest BCUT2D eigenvalue weighted by Gasteiger charge is 2.36. The summed E-state index contributed by atoms with van der Waals surface area (Å²) >= 11 is 0. The van der Waals surface area contributed by atoms with Gasteiger partial charge in [0.1, 0.15) is 12.2 Å². The van der Waals surface area contributed by atoms with Gasteiger partial charge in [-0.3, -0.25) is 14.9 Å². The molecule has 0 atom stereocenters. The summed E-state index contributed by atoms with van der Waals surface area (Å²) in [6, 6.07) is 9.65. The Morgan fingerprint density at radius 2 is 1.85 bits per heavy atom. The zero-order chi connectivity index (χ0) is 24.7. The lowest BCUT2D eigenvalue weighted by atomic mass is 10.0. The molecule has 1 aliphatic rings. The van der Waals surface area contributed by atoms with E-state index in [1.54, 1.807) is 30.3 Å². The molecule has 7 nitrogen and oxygen atoms in total. The minimum absolute atomic E-state index is 0.0550. The third-order valence-corrected chi connectivity index (χ3v) is 5.13. The number of carbonyl (C=O) groups excluding carboxylic acids is 3. The highest BCUT2D eigenvalue weighted by atomic mass is 16.5. The van der Waals surface area contributed by atoms with E-state index in [0.717, 1.165) is 22.4 Å². The Labute approximate surface area is 199 Å². The predicted molar refractivity (Wildman–Crippen MR) is 131 cm³/mol. The molecular weight excluding hydrogens is 432 g/mol. The molecule has 0 aromatic heterocycles. The molecule has 174 valence electrons. The number of anilines is 1. The van der Waals surface area contributed by atoms with E-state index in [1.807, 2.05) is 26.0 Å². The summed E-state index contributed by atoms with van der Waals surface area (Å²) in [7, 11) is 0. The molecule has 34 heavy (non-hydrogen) atoms. The molecule has 1 fully saturated rings. The van der Waals surface area contributed by atoms with Crippen molar-refractivity contribution < 1.29 is 23.9 Å². The van der Waals surface area contributed by atoms with Gasteiger partial charge >= 0.3 is 6.03 Å². The summed E-state index contributed by atoms with van der Waals surface area (Å²) in [5, 5.41) is 2.24. The van der Waals surface area contributed by atoms with Crippen molar-refractivity contribution in [3.05, 3.63) is 71.3 Å². The van der Waals surface area contributed by atoms with Crippen LogP contribution in [0.3, 0.4) is 0 Å². The molecule has 2 aromatic rings. The van der Waals surface area contributed by atoms with Crippen molar-refractivity contribution in [3.8, 4) is 23.8 Å². The smallest absolute Gasteiger partial charge is 0.335 e. The summed E-state index contributed by atoms with van der Waals surface area (Å²) in [6.07, 6.45) is 9.73. The van der Waals surface area contributed by atoms with E-state index in [1.165, 1.54) is 6.08 Å². The number of hydrogen-bond acceptors (Lipinski definition) is 5. The molecule has 1 N–H and O–H groups in total. The fourth-order valence-corrected chi connectivity index (χ4v) is 3.55. The number of ether oxygens (including phenoxy) is 2. The summed E-state index contributed by atoms with van der Waals surface area (Å²) in [6.45, 7) is 8.03. The second-order valence-corrected chi connectivity index (χ2v) is 7.40. The number of rotatable bonds is 9. The molecule has 7 heteroatoms. The number of imide groups is 2. The number of nitrogens with one attached hydrogen (secondary N) is 1. The highest BCUT2D eigenvalue weighted by molar-refractivity contribution is 6.39. The topological polar surface area (TPSA) is 84.9 Å². The lowest BCUT2D eigenvalue weighted by Gasteiger charge is -2.26. The van der Waals surface area contributed by atoms with Crippen LogP contribution in [0.25, 0.3) is 6.08 Å². The first-order valence-corrected chi connectivity index (χ1v) is 10.9. The molecule has 1 aliphatic heterocycles. The van der Waals surface area contributed by atoms with E-state index in [4.69, 9.17) is 15.9 Å². The molecule has 0 aliphatic carbocycles. The summed E-state index contributed by atoms with van der Waals surface area (Å²) in [5.74, 6) is 1.85. The molecule has 1 saturated heterocycles. The zero-order valence-corrected chi connectivity index (χ0v) is 19.2. The standard InChI is InChI=1S/C27H26N2O5/c1-5-9-20-15-19(17-23(33-8-4)24(20)34-14-6-2)16-22-25(30)28-27(32)29(26(22)31)21-12-10-18(7-3)11-13-21/h2,5,10-13,15-17H,1,7-9,14H2,3-4H3,(H,28,30,32)/b22-16-. The van der Waals surface area contributed by atoms with E-state index in [9.17, 15) is 14.4 Å². The Hall–Kier alpha value is -4.31. The second-order valence-electron chi connectivity index (χ2n) is 7.40. The number of hydrogen-bond donors (Lipinski definition) is 1. The van der Waals surface area contributed by atoms with Crippen molar-refractivity contribution in [2.45, 2.75) is 26.7 Å². The number of urea groups is 1. The van der Waals surface area contributed by atoms with E-state index in [2.05, 4.69) is 17.8 Å². The van der Waals surface area contributed by atoms with Crippen LogP contribution < -0.4 is 19.7 Å². The van der Waals surface area contributed by atoms with Crippen LogP contribution in [0.1, 0.15) is 30.5 Å². The van der Waals surface area contributed by atoms with Crippen molar-refractivity contribution in [2.75, 3.05) is 18.1 Å². The van der Waals surface area contributed by atoms with E-state index in [0.29, 0.717) is 35.8 Å². The van der Waals surface area contributed by atoms with Gasteiger partial charge < -0.3 is 9.47 Å². The summed E-state index contributed by atoms with van der Waals surface area (Å²) in [4.78, 5) is 39.2. The first kappa shape index (κ1) is 24.3. The molecule has 0 bridgehead atoms. The monoisotopic (exact) mass is 458 g/mol. The molecule has 0 saturated carbocycles. The number of aryl methyl sites for hydroxylation is 1. The summed E-state index contributed by atoms with van der Waals surface area (Å²) < 4.78 is 11.4. The molecule has 1 heterocycles. The lowest BCUT2D eigenvalue weighted by Crippen LogP contribution is -2.54. The quantitative estimate of drug-likeness (QED) is 0.265. The first-order chi connectivity index (χ1) is 16.4. The molecule has 0 spiro atoms. The number of carbonyl (C=O) groups is 3. The van der Waals surface area contributed by atoms with Crippen molar-refractivity contribution in [1.82, 2.24) is 5.32 Å². The van der Waals surface area contributed by atoms with Crippen LogP contribution in [0.5, 0.6) is 11.5 Å². The SMILES string of the molecule is C#CCOc1c(CC=C)cc(/C=C2/C(=O)NC(=O)N(c3ccc(CC)cc3)C2=O)cc1OCC. The molecule has 0 unspecified atom stereocenters. The minimum atomic E-state index is -0.795. The van der Waals surface area contributed by atoms with Gasteiger partial charge in [0.25, 0.3) is 11.8 Å². The van der Waals surface area contributed by atoms with Crippen molar-refractivity contribution >= 4 is 29.6 Å². The Kier molecular flexibility index (Phi) is 7.88. The number of terminal acetylenes is 1. The minimum Gasteiger partial charge on any atom is -0.490 e. The average Bonchev–Trinajstić information content (AvgIpc) is 2.82. The van der Waals surface area contributed by atoms with E-state index >= 15 is 0 Å². The fourth-order valence-electron chi connectivity index (χ4n) is 3.55. The Bertz CT molecular complexity index is 1190. The van der Waals surface area contributed by atoms with E-state index in [-0.39, 0.29) is 12.2 Å². The molecule has 0 radical (unpaired) electrons. The van der Waals surface area contributed by atoms with Gasteiger partial charge in [0.15, 0.2) is 11.5 Å². The van der Waals surface area contributed by atoms with Gasteiger partial charge in [0, 0.05) is 5.56 Å². The normalized spacial score (nSPS) is 14.6. The second kappa shape index (κ2) is 11.0. The van der Waals surface area contributed by atoms with Crippen LogP contribution in [0.2, 0.25) is 0 Å². The van der Waals surface area contributed by atoms with Crippen molar-refractivity contribution in [2.24, 2.45) is 0 Å². The Morgan fingerprint density at radius 3 is 2.47 bits per heavy atom. The van der Waals surface area contributed by atoms with Gasteiger partial charge in [-0.2, -0.15) is 0 Å². The first-order valence-electron chi connectivity index (χ1n) is 10.9. The van der Waals surface area contributed by atoms with Crippen molar-refractivity contribution in [1.29, 1.82) is 0 Å². The van der Waals surface area contributed by atoms with Crippen LogP contribution in [-0.2, 0) is 22.4 Å². The number of barbiturate groups is 1. The maximum Gasteiger partial charge on any atom is 0.335 e. The third kappa shape index (κ3) is 5.18. The highest BCUT2D eigenvalue weighted by Crippen LogP contribution is 2.35. The fraction of sp³-hybridized carbons (Fsp3) is 0.222. The molecule has 3 rings (SSSR count). The van der Waals surface area contributed by atoms with Gasteiger partial charge in [-0.1, -0.05) is 31.1 Å². The molecular formula is C27H26N2O5.